The summed E-state index contributed by atoms with van der Waals surface area (Å²) in [4.78, 5) is 13.8. The number of nitrogens with one attached hydrogen (secondary N) is 1. The van der Waals surface area contributed by atoms with Crippen LogP contribution < -0.4 is 5.32 Å². The first-order chi connectivity index (χ1) is 6.61. The van der Waals surface area contributed by atoms with E-state index >= 15 is 0 Å². The number of hydrogen-bond acceptors (Lipinski definition) is 2. The van der Waals surface area contributed by atoms with Crippen molar-refractivity contribution in [3.63, 3.8) is 0 Å². The van der Waals surface area contributed by atoms with Gasteiger partial charge in [0.2, 0.25) is 5.91 Å². The molecule has 82 valence electrons. The van der Waals surface area contributed by atoms with Crippen LogP contribution in [0.1, 0.15) is 33.6 Å². The molecule has 1 unspecified atom stereocenters. The second kappa shape index (κ2) is 5.35. The van der Waals surface area contributed by atoms with Crippen molar-refractivity contribution in [3.05, 3.63) is 0 Å². The molecule has 3 heteroatoms. The fourth-order valence-corrected chi connectivity index (χ4v) is 1.77. The lowest BCUT2D eigenvalue weighted by Crippen LogP contribution is -2.52. The van der Waals surface area contributed by atoms with Crippen LogP contribution in [0, 0.1) is 5.92 Å². The lowest BCUT2D eigenvalue weighted by Gasteiger charge is -2.34. The van der Waals surface area contributed by atoms with Gasteiger partial charge in [0.05, 0.1) is 0 Å². The van der Waals surface area contributed by atoms with Crippen molar-refractivity contribution in [3.8, 4) is 0 Å². The molecule has 0 spiro atoms. The highest BCUT2D eigenvalue weighted by Crippen LogP contribution is 2.10. The molecule has 1 atom stereocenters. The van der Waals surface area contributed by atoms with Gasteiger partial charge in [-0.05, 0) is 19.3 Å². The molecule has 1 fully saturated rings. The van der Waals surface area contributed by atoms with Crippen LogP contribution in [0.2, 0.25) is 0 Å². The number of rotatable bonds is 3. The molecule has 0 bridgehead atoms. The Morgan fingerprint density at radius 1 is 1.57 bits per heavy atom. The molecule has 1 heterocycles. The maximum Gasteiger partial charge on any atom is 0.222 e. The van der Waals surface area contributed by atoms with Gasteiger partial charge in [-0.1, -0.05) is 13.8 Å². The lowest BCUT2D eigenvalue weighted by atomic mass is 10.1. The summed E-state index contributed by atoms with van der Waals surface area (Å²) in [5.74, 6) is 0.949. The van der Waals surface area contributed by atoms with Crippen molar-refractivity contribution in [2.24, 2.45) is 5.92 Å². The molecule has 0 radical (unpaired) electrons. The SMILES string of the molecule is CC(C)CCC(=O)N1CCNCC1C. The van der Waals surface area contributed by atoms with E-state index in [0.717, 1.165) is 26.1 Å². The molecular formula is C11H22N2O. The second-order valence-electron chi connectivity index (χ2n) is 4.57. The summed E-state index contributed by atoms with van der Waals surface area (Å²) in [6.07, 6.45) is 1.72. The van der Waals surface area contributed by atoms with E-state index in [4.69, 9.17) is 0 Å². The second-order valence-corrected chi connectivity index (χ2v) is 4.57. The third-order valence-electron chi connectivity index (χ3n) is 2.76. The molecule has 1 amide bonds. The van der Waals surface area contributed by atoms with Gasteiger partial charge in [0.25, 0.3) is 0 Å². The van der Waals surface area contributed by atoms with Crippen LogP contribution in [-0.2, 0) is 4.79 Å². The number of carbonyl (C=O) groups is 1. The number of nitrogens with zero attached hydrogens (tertiary/aromatic N) is 1. The first kappa shape index (κ1) is 11.5. The standard InChI is InChI=1S/C11H22N2O/c1-9(2)4-5-11(14)13-7-6-12-8-10(13)3/h9-10,12H,4-8H2,1-3H3. The first-order valence-corrected chi connectivity index (χ1v) is 5.61. The predicted molar refractivity (Wildman–Crippen MR) is 58.1 cm³/mol. The highest BCUT2D eigenvalue weighted by atomic mass is 16.2. The fourth-order valence-electron chi connectivity index (χ4n) is 1.77. The van der Waals surface area contributed by atoms with Crippen LogP contribution in [-0.4, -0.2) is 36.5 Å². The number of hydrogen-bond donors (Lipinski definition) is 1. The summed E-state index contributed by atoms with van der Waals surface area (Å²) in [7, 11) is 0. The van der Waals surface area contributed by atoms with Gasteiger partial charge < -0.3 is 10.2 Å². The average molecular weight is 198 g/mol. The van der Waals surface area contributed by atoms with Crippen molar-refractivity contribution in [1.29, 1.82) is 0 Å². The topological polar surface area (TPSA) is 32.3 Å². The van der Waals surface area contributed by atoms with Gasteiger partial charge in [-0.3, -0.25) is 4.79 Å². The van der Waals surface area contributed by atoms with E-state index in [1.807, 2.05) is 4.90 Å². The highest BCUT2D eigenvalue weighted by Gasteiger charge is 2.22. The maximum atomic E-state index is 11.8. The third kappa shape index (κ3) is 3.29. The normalized spacial score (nSPS) is 22.9. The minimum atomic E-state index is 0.327. The van der Waals surface area contributed by atoms with Crippen molar-refractivity contribution in [1.82, 2.24) is 10.2 Å². The van der Waals surface area contributed by atoms with Crippen molar-refractivity contribution < 1.29 is 4.79 Å². The summed E-state index contributed by atoms with van der Waals surface area (Å²) >= 11 is 0. The lowest BCUT2D eigenvalue weighted by molar-refractivity contribution is -0.134. The van der Waals surface area contributed by atoms with E-state index in [-0.39, 0.29) is 0 Å². The summed E-state index contributed by atoms with van der Waals surface area (Å²) in [5, 5.41) is 3.29. The number of carbonyl (C=O) groups excluding carboxylic acids is 1. The molecule has 1 rings (SSSR count). The molecule has 1 aliphatic rings. The van der Waals surface area contributed by atoms with E-state index in [0.29, 0.717) is 24.3 Å². The zero-order valence-electron chi connectivity index (χ0n) is 9.55. The van der Waals surface area contributed by atoms with Crippen LogP contribution >= 0.6 is 0 Å². The Balaban J connectivity index is 2.34. The van der Waals surface area contributed by atoms with Gasteiger partial charge in [-0.15, -0.1) is 0 Å². The zero-order chi connectivity index (χ0) is 10.6. The predicted octanol–water partition coefficient (Wildman–Crippen LogP) is 1.24. The maximum absolute atomic E-state index is 11.8. The Bertz CT molecular complexity index is 192. The molecule has 14 heavy (non-hydrogen) atoms. The minimum absolute atomic E-state index is 0.327. The van der Waals surface area contributed by atoms with Crippen molar-refractivity contribution in [2.45, 2.75) is 39.7 Å². The van der Waals surface area contributed by atoms with Gasteiger partial charge in [-0.2, -0.15) is 0 Å². The Morgan fingerprint density at radius 3 is 2.86 bits per heavy atom. The molecule has 1 aliphatic heterocycles. The molecule has 0 aliphatic carbocycles. The number of amides is 1. The van der Waals surface area contributed by atoms with Crippen LogP contribution in [0.5, 0.6) is 0 Å². The van der Waals surface area contributed by atoms with E-state index < -0.39 is 0 Å². The Labute approximate surface area is 86.9 Å². The quantitative estimate of drug-likeness (QED) is 0.740. The van der Waals surface area contributed by atoms with Gasteiger partial charge in [0.15, 0.2) is 0 Å². The summed E-state index contributed by atoms with van der Waals surface area (Å²) in [6.45, 7) is 9.19. The smallest absolute Gasteiger partial charge is 0.222 e. The number of piperazine rings is 1. The van der Waals surface area contributed by atoms with Gasteiger partial charge in [0, 0.05) is 32.1 Å². The van der Waals surface area contributed by atoms with Gasteiger partial charge >= 0.3 is 0 Å². The van der Waals surface area contributed by atoms with E-state index in [2.05, 4.69) is 26.1 Å². The molecule has 0 aromatic rings. The molecule has 0 aromatic heterocycles. The summed E-state index contributed by atoms with van der Waals surface area (Å²) in [5.41, 5.74) is 0. The molecule has 0 aromatic carbocycles. The van der Waals surface area contributed by atoms with E-state index in [1.165, 1.54) is 0 Å². The van der Waals surface area contributed by atoms with E-state index in [1.54, 1.807) is 0 Å². The van der Waals surface area contributed by atoms with Crippen molar-refractivity contribution >= 4 is 5.91 Å². The fraction of sp³-hybridized carbons (Fsp3) is 0.909. The van der Waals surface area contributed by atoms with E-state index in [9.17, 15) is 4.79 Å². The molecule has 0 saturated carbocycles. The Morgan fingerprint density at radius 2 is 2.29 bits per heavy atom. The van der Waals surface area contributed by atoms with Crippen LogP contribution in [0.4, 0.5) is 0 Å². The van der Waals surface area contributed by atoms with Gasteiger partial charge in [-0.25, -0.2) is 0 Å². The average Bonchev–Trinajstić information content (AvgIpc) is 2.15. The molecule has 1 saturated heterocycles. The Kier molecular flexibility index (Phi) is 4.39. The highest BCUT2D eigenvalue weighted by molar-refractivity contribution is 5.76. The minimum Gasteiger partial charge on any atom is -0.337 e. The monoisotopic (exact) mass is 198 g/mol. The zero-order valence-corrected chi connectivity index (χ0v) is 9.55. The largest absolute Gasteiger partial charge is 0.337 e. The Hall–Kier alpha value is -0.570. The van der Waals surface area contributed by atoms with Crippen LogP contribution in [0.25, 0.3) is 0 Å². The third-order valence-corrected chi connectivity index (χ3v) is 2.76. The molecular weight excluding hydrogens is 176 g/mol. The van der Waals surface area contributed by atoms with Gasteiger partial charge in [0.1, 0.15) is 0 Å². The molecule has 3 nitrogen and oxygen atoms in total. The summed E-state index contributed by atoms with van der Waals surface area (Å²) in [6, 6.07) is 0.364. The summed E-state index contributed by atoms with van der Waals surface area (Å²) < 4.78 is 0. The first-order valence-electron chi connectivity index (χ1n) is 5.61. The van der Waals surface area contributed by atoms with Crippen LogP contribution in [0.3, 0.4) is 0 Å². The van der Waals surface area contributed by atoms with Crippen LogP contribution in [0.15, 0.2) is 0 Å². The molecule has 1 N–H and O–H groups in total. The van der Waals surface area contributed by atoms with Crippen molar-refractivity contribution in [2.75, 3.05) is 19.6 Å².